The summed E-state index contributed by atoms with van der Waals surface area (Å²) in [5.74, 6) is 2.90. The van der Waals surface area contributed by atoms with Crippen LogP contribution in [0.3, 0.4) is 0 Å². The minimum Gasteiger partial charge on any atom is -0.267 e. The van der Waals surface area contributed by atoms with Crippen molar-refractivity contribution in [1.82, 2.24) is 9.78 Å². The Kier molecular flexibility index (Phi) is 4.93. The van der Waals surface area contributed by atoms with Crippen LogP contribution in [0.5, 0.6) is 0 Å². The fourth-order valence-corrected chi connectivity index (χ4v) is 2.72. The largest absolute Gasteiger partial charge is 0.417 e. The molecule has 134 valence electrons. The Morgan fingerprint density at radius 2 is 1.72 bits per heavy atom. The van der Waals surface area contributed by atoms with Gasteiger partial charge < -0.3 is 0 Å². The number of alkyl halides is 3. The number of rotatable bonds is 1. The van der Waals surface area contributed by atoms with Gasteiger partial charge in [0.1, 0.15) is 8.07 Å². The van der Waals surface area contributed by atoms with E-state index in [1.54, 1.807) is 16.9 Å². The molecule has 0 spiro atoms. The molecule has 0 amide bonds. The highest BCUT2D eigenvalue weighted by Crippen LogP contribution is 2.37. The first-order valence-corrected chi connectivity index (χ1v) is 11.6. The number of aromatic nitrogens is 2. The van der Waals surface area contributed by atoms with Gasteiger partial charge in [0.15, 0.2) is 0 Å². The van der Waals surface area contributed by atoms with E-state index in [-0.39, 0.29) is 11.1 Å². The summed E-state index contributed by atoms with van der Waals surface area (Å²) in [4.78, 5) is 0. The molecule has 0 unspecified atom stereocenters. The molecule has 0 aliphatic carbocycles. The maximum absolute atomic E-state index is 13.6. The molecule has 0 saturated heterocycles. The van der Waals surface area contributed by atoms with E-state index in [0.29, 0.717) is 11.1 Å². The summed E-state index contributed by atoms with van der Waals surface area (Å²) in [6.45, 7) is 12.0. The number of halogens is 3. The smallest absolute Gasteiger partial charge is 0.267 e. The fourth-order valence-electron chi connectivity index (χ4n) is 2.20. The average Bonchev–Trinajstić information content (AvgIpc) is 2.93. The van der Waals surface area contributed by atoms with Crippen molar-refractivity contribution in [2.24, 2.45) is 0 Å². The predicted molar refractivity (Wildman–Crippen MR) is 97.9 cm³/mol. The summed E-state index contributed by atoms with van der Waals surface area (Å²) in [6, 6.07) is 4.27. The third kappa shape index (κ3) is 4.99. The first-order valence-electron chi connectivity index (χ1n) is 8.07. The van der Waals surface area contributed by atoms with E-state index in [9.17, 15) is 13.2 Å². The van der Waals surface area contributed by atoms with Gasteiger partial charge in [-0.15, -0.1) is 5.54 Å². The molecule has 1 aromatic heterocycles. The lowest BCUT2D eigenvalue weighted by Gasteiger charge is -2.19. The SMILES string of the molecule is CC(C)(C)n1cc(-c2ccc(C#C[Si](C)(C)C)cc2C(F)(F)F)cn1. The molecule has 0 aliphatic heterocycles. The van der Waals surface area contributed by atoms with Crippen molar-refractivity contribution in [3.05, 3.63) is 41.7 Å². The second-order valence-corrected chi connectivity index (χ2v) is 12.9. The summed E-state index contributed by atoms with van der Waals surface area (Å²) in [5.41, 5.74) is 3.10. The molecule has 2 rings (SSSR count). The van der Waals surface area contributed by atoms with E-state index in [4.69, 9.17) is 0 Å². The van der Waals surface area contributed by atoms with Gasteiger partial charge in [-0.3, -0.25) is 4.68 Å². The third-order valence-corrected chi connectivity index (χ3v) is 4.36. The number of benzene rings is 1. The molecule has 6 heteroatoms. The summed E-state index contributed by atoms with van der Waals surface area (Å²) < 4.78 is 42.4. The summed E-state index contributed by atoms with van der Waals surface area (Å²) >= 11 is 0. The summed E-state index contributed by atoms with van der Waals surface area (Å²) in [6.07, 6.45) is -1.32. The van der Waals surface area contributed by atoms with Gasteiger partial charge in [0.25, 0.3) is 0 Å². The highest BCUT2D eigenvalue weighted by atomic mass is 28.3. The van der Waals surface area contributed by atoms with E-state index in [2.05, 4.69) is 36.2 Å². The van der Waals surface area contributed by atoms with E-state index in [0.717, 1.165) is 6.07 Å². The van der Waals surface area contributed by atoms with Crippen LogP contribution in [0.1, 0.15) is 31.9 Å². The minimum atomic E-state index is -4.45. The summed E-state index contributed by atoms with van der Waals surface area (Å²) in [7, 11) is -1.65. The number of hydrogen-bond donors (Lipinski definition) is 0. The van der Waals surface area contributed by atoms with Crippen LogP contribution in [-0.2, 0) is 11.7 Å². The highest BCUT2D eigenvalue weighted by Gasteiger charge is 2.34. The van der Waals surface area contributed by atoms with Crippen molar-refractivity contribution >= 4 is 8.07 Å². The van der Waals surface area contributed by atoms with Crippen LogP contribution in [0.4, 0.5) is 13.2 Å². The van der Waals surface area contributed by atoms with Crippen LogP contribution in [-0.4, -0.2) is 17.9 Å². The molecule has 25 heavy (non-hydrogen) atoms. The van der Waals surface area contributed by atoms with Crippen LogP contribution < -0.4 is 0 Å². The van der Waals surface area contributed by atoms with Gasteiger partial charge in [-0.25, -0.2) is 0 Å². The van der Waals surface area contributed by atoms with Crippen molar-refractivity contribution in [1.29, 1.82) is 0 Å². The quantitative estimate of drug-likeness (QED) is 0.479. The monoisotopic (exact) mass is 364 g/mol. The Morgan fingerprint density at radius 3 is 2.20 bits per heavy atom. The van der Waals surface area contributed by atoms with Crippen molar-refractivity contribution < 1.29 is 13.2 Å². The van der Waals surface area contributed by atoms with Crippen molar-refractivity contribution in [3.8, 4) is 22.6 Å². The molecule has 0 radical (unpaired) electrons. The van der Waals surface area contributed by atoms with Gasteiger partial charge in [0, 0.05) is 17.3 Å². The molecule has 0 bridgehead atoms. The van der Waals surface area contributed by atoms with E-state index in [1.807, 2.05) is 20.8 Å². The maximum Gasteiger partial charge on any atom is 0.417 e. The second kappa shape index (κ2) is 6.38. The minimum absolute atomic E-state index is 0.126. The van der Waals surface area contributed by atoms with E-state index in [1.165, 1.54) is 12.3 Å². The predicted octanol–water partition coefficient (Wildman–Crippen LogP) is 5.55. The molecule has 1 aromatic carbocycles. The lowest BCUT2D eigenvalue weighted by Crippen LogP contribution is -2.21. The molecule has 2 aromatic rings. The van der Waals surface area contributed by atoms with E-state index < -0.39 is 19.8 Å². The van der Waals surface area contributed by atoms with Crippen LogP contribution in [0.2, 0.25) is 19.6 Å². The molecule has 0 atom stereocenters. The van der Waals surface area contributed by atoms with Crippen molar-refractivity contribution in [3.63, 3.8) is 0 Å². The van der Waals surface area contributed by atoms with Crippen LogP contribution in [0.15, 0.2) is 30.6 Å². The van der Waals surface area contributed by atoms with Gasteiger partial charge >= 0.3 is 6.18 Å². The van der Waals surface area contributed by atoms with Gasteiger partial charge in [-0.05, 0) is 38.5 Å². The van der Waals surface area contributed by atoms with Gasteiger partial charge in [0.05, 0.1) is 17.3 Å². The molecule has 2 nitrogen and oxygen atoms in total. The molecule has 0 N–H and O–H groups in total. The lowest BCUT2D eigenvalue weighted by molar-refractivity contribution is -0.137. The molecule has 0 aliphatic rings. The molecule has 1 heterocycles. The molecule has 0 fully saturated rings. The number of nitrogens with zero attached hydrogens (tertiary/aromatic N) is 2. The zero-order valence-corrected chi connectivity index (χ0v) is 16.4. The van der Waals surface area contributed by atoms with Crippen LogP contribution >= 0.6 is 0 Å². The Bertz CT molecular complexity index is 825. The van der Waals surface area contributed by atoms with Crippen molar-refractivity contribution in [2.45, 2.75) is 52.1 Å². The molecule has 0 saturated carbocycles. The first kappa shape index (κ1) is 19.3. The van der Waals surface area contributed by atoms with Crippen LogP contribution in [0, 0.1) is 11.5 Å². The lowest BCUT2D eigenvalue weighted by atomic mass is 9.99. The second-order valence-electron chi connectivity index (χ2n) is 8.10. The first-order chi connectivity index (χ1) is 11.3. The molecular weight excluding hydrogens is 341 g/mol. The van der Waals surface area contributed by atoms with Crippen LogP contribution in [0.25, 0.3) is 11.1 Å². The van der Waals surface area contributed by atoms with Gasteiger partial charge in [-0.1, -0.05) is 31.6 Å². The normalized spacial score (nSPS) is 12.7. The zero-order valence-electron chi connectivity index (χ0n) is 15.4. The Morgan fingerprint density at radius 1 is 1.08 bits per heavy atom. The van der Waals surface area contributed by atoms with E-state index >= 15 is 0 Å². The standard InChI is InChI=1S/C19H23F3N2Si/c1-18(2,3)24-13-15(12-23-24)16-8-7-14(9-10-25(4,5)6)11-17(16)19(20,21)22/h7-8,11-13H,1-6H3. The Labute approximate surface area is 148 Å². The fraction of sp³-hybridized carbons (Fsp3) is 0.421. The topological polar surface area (TPSA) is 17.8 Å². The maximum atomic E-state index is 13.6. The summed E-state index contributed by atoms with van der Waals surface area (Å²) in [5, 5.41) is 4.20. The molecular formula is C19H23F3N2Si. The van der Waals surface area contributed by atoms with Gasteiger partial charge in [-0.2, -0.15) is 18.3 Å². The average molecular weight is 364 g/mol. The number of hydrogen-bond acceptors (Lipinski definition) is 1. The Hall–Kier alpha value is -2.00. The van der Waals surface area contributed by atoms with Crippen molar-refractivity contribution in [2.75, 3.05) is 0 Å². The Balaban J connectivity index is 2.55. The highest BCUT2D eigenvalue weighted by molar-refractivity contribution is 6.83. The zero-order chi connectivity index (χ0) is 19.0. The van der Waals surface area contributed by atoms with Gasteiger partial charge in [0.2, 0.25) is 0 Å². The third-order valence-electron chi connectivity index (χ3n) is 3.49.